The van der Waals surface area contributed by atoms with E-state index in [2.05, 4.69) is 32.9 Å². The number of likely N-dealkylation sites (tertiary alicyclic amines) is 1. The van der Waals surface area contributed by atoms with Crippen molar-refractivity contribution >= 4 is 11.0 Å². The Kier molecular flexibility index (Phi) is 4.42. The van der Waals surface area contributed by atoms with E-state index in [-0.39, 0.29) is 45.9 Å². The topological polar surface area (TPSA) is 64.2 Å². The van der Waals surface area contributed by atoms with E-state index in [9.17, 15) is 13.3 Å². The molecule has 7 heteroatoms. The number of fused-ring (bicyclic) bond motifs is 2. The van der Waals surface area contributed by atoms with Crippen molar-refractivity contribution in [2.24, 2.45) is 10.8 Å². The summed E-state index contributed by atoms with van der Waals surface area (Å²) in [4.78, 5) is 19.6. The maximum Gasteiger partial charge on any atom is 0.257 e. The monoisotopic (exact) mass is 515 g/mol. The molecule has 0 spiro atoms. The van der Waals surface area contributed by atoms with Gasteiger partial charge in [0.2, 0.25) is 0 Å². The van der Waals surface area contributed by atoms with Crippen LogP contribution in [0, 0.1) is 30.5 Å². The molecule has 200 valence electrons. The molecule has 0 N–H and O–H groups in total. The van der Waals surface area contributed by atoms with E-state index in [0.717, 1.165) is 17.0 Å². The summed E-state index contributed by atoms with van der Waals surface area (Å²) in [5.74, 6) is -2.86. The molecule has 2 aliphatic heterocycles. The van der Waals surface area contributed by atoms with Crippen molar-refractivity contribution in [3.05, 3.63) is 56.6 Å². The molecule has 37 heavy (non-hydrogen) atoms. The maximum atomic E-state index is 14.1. The van der Waals surface area contributed by atoms with Crippen LogP contribution in [0.4, 0.5) is 4.39 Å². The third-order valence-corrected chi connectivity index (χ3v) is 8.51. The first-order valence-electron chi connectivity index (χ1n) is 16.3. The fourth-order valence-corrected chi connectivity index (χ4v) is 5.33. The number of rotatable bonds is 4. The van der Waals surface area contributed by atoms with Crippen LogP contribution in [0.3, 0.4) is 0 Å². The van der Waals surface area contributed by atoms with Crippen molar-refractivity contribution in [3.8, 4) is 0 Å². The average Bonchev–Trinajstić information content (AvgIpc) is 3.30. The Morgan fingerprint density at radius 2 is 1.92 bits per heavy atom. The molecule has 0 aliphatic carbocycles. The number of halogens is 1. The summed E-state index contributed by atoms with van der Waals surface area (Å²) in [5.41, 5.74) is -1.69. The molecule has 0 amide bonds. The molecule has 0 bridgehead atoms. The van der Waals surface area contributed by atoms with Crippen LogP contribution in [0.25, 0.3) is 11.0 Å². The minimum atomic E-state index is -3.20. The Morgan fingerprint density at radius 1 is 1.19 bits per heavy atom. The van der Waals surface area contributed by atoms with Gasteiger partial charge in [0, 0.05) is 63.2 Å². The summed E-state index contributed by atoms with van der Waals surface area (Å²) in [6, 6.07) is 2.18. The smallest absolute Gasteiger partial charge is 0.257 e. The minimum Gasteiger partial charge on any atom is -0.356 e. The molecule has 0 saturated carbocycles. The Labute approximate surface area is 229 Å². The summed E-state index contributed by atoms with van der Waals surface area (Å²) in [7, 11) is 0. The fourth-order valence-electron chi connectivity index (χ4n) is 5.33. The van der Waals surface area contributed by atoms with Gasteiger partial charge in [0.15, 0.2) is 5.58 Å². The van der Waals surface area contributed by atoms with Crippen LogP contribution in [0.15, 0.2) is 21.5 Å². The molecular weight excluding hydrogens is 467 g/mol. The van der Waals surface area contributed by atoms with E-state index < -0.39 is 42.2 Å². The third kappa shape index (κ3) is 4.43. The van der Waals surface area contributed by atoms with Crippen molar-refractivity contribution in [2.45, 2.75) is 99.0 Å². The van der Waals surface area contributed by atoms with Gasteiger partial charge in [-0.15, -0.1) is 0 Å². The van der Waals surface area contributed by atoms with Gasteiger partial charge in [0.05, 0.1) is 5.69 Å². The van der Waals surface area contributed by atoms with Crippen LogP contribution in [-0.2, 0) is 19.4 Å². The highest BCUT2D eigenvalue weighted by molar-refractivity contribution is 5.83. The number of aryl methyl sites for hydroxylation is 2. The second kappa shape index (κ2) is 8.75. The van der Waals surface area contributed by atoms with Gasteiger partial charge >= 0.3 is 0 Å². The van der Waals surface area contributed by atoms with Gasteiger partial charge in [-0.1, -0.05) is 32.9 Å². The minimum absolute atomic E-state index is 0.00680. The van der Waals surface area contributed by atoms with E-state index in [1.165, 1.54) is 20.8 Å². The average molecular weight is 516 g/mol. The Balaban J connectivity index is 1.59. The van der Waals surface area contributed by atoms with Crippen LogP contribution >= 0.6 is 0 Å². The molecule has 1 atom stereocenters. The molecule has 6 nitrogen and oxygen atoms in total. The number of piperidine rings is 1. The summed E-state index contributed by atoms with van der Waals surface area (Å²) in [5, 5.41) is 3.95. The van der Waals surface area contributed by atoms with E-state index in [4.69, 9.17) is 15.0 Å². The van der Waals surface area contributed by atoms with E-state index in [0.29, 0.717) is 30.0 Å². The van der Waals surface area contributed by atoms with Crippen molar-refractivity contribution in [1.82, 2.24) is 19.6 Å². The first kappa shape index (κ1) is 18.7. The normalized spacial score (nSPS) is 31.6. The number of aromatic nitrogens is 3. The summed E-state index contributed by atoms with van der Waals surface area (Å²) in [6.45, 7) is 12.0. The van der Waals surface area contributed by atoms with Crippen LogP contribution in [0.2, 0.25) is 0 Å². The van der Waals surface area contributed by atoms with Crippen LogP contribution in [0.1, 0.15) is 98.1 Å². The number of benzene rings is 1. The lowest BCUT2D eigenvalue weighted by molar-refractivity contribution is 0.0563. The zero-order valence-corrected chi connectivity index (χ0v) is 23.0. The molecule has 2 aromatic heterocycles. The second-order valence-electron chi connectivity index (χ2n) is 12.3. The van der Waals surface area contributed by atoms with Crippen LogP contribution < -0.4 is 5.56 Å². The number of hydrogen-bond donors (Lipinski definition) is 0. The maximum absolute atomic E-state index is 14.1. The third-order valence-electron chi connectivity index (χ3n) is 8.51. The number of hydrogen-bond acceptors (Lipinski definition) is 5. The van der Waals surface area contributed by atoms with Crippen molar-refractivity contribution in [1.29, 1.82) is 0 Å². The van der Waals surface area contributed by atoms with Gasteiger partial charge in [-0.3, -0.25) is 14.3 Å². The molecular formula is C30H41FN4O2. The molecule has 2 aliphatic rings. The summed E-state index contributed by atoms with van der Waals surface area (Å²) in [6.07, 6.45) is -5.36. The quantitative estimate of drug-likeness (QED) is 0.430. The first-order chi connectivity index (χ1) is 19.9. The van der Waals surface area contributed by atoms with Gasteiger partial charge in [0.25, 0.3) is 5.56 Å². The van der Waals surface area contributed by atoms with E-state index in [1.807, 2.05) is 0 Å². The predicted octanol–water partition coefficient (Wildman–Crippen LogP) is 5.95. The van der Waals surface area contributed by atoms with Crippen molar-refractivity contribution in [2.75, 3.05) is 13.0 Å². The largest absolute Gasteiger partial charge is 0.356 e. The Morgan fingerprint density at radius 3 is 2.65 bits per heavy atom. The highest BCUT2D eigenvalue weighted by Gasteiger charge is 2.43. The van der Waals surface area contributed by atoms with Gasteiger partial charge < -0.3 is 4.52 Å². The molecule has 1 saturated heterocycles. The van der Waals surface area contributed by atoms with Crippen molar-refractivity contribution in [3.63, 3.8) is 0 Å². The fraction of sp³-hybridized carbons (Fsp3) is 0.633. The molecule has 1 unspecified atom stereocenters. The summed E-state index contributed by atoms with van der Waals surface area (Å²) >= 11 is 0. The summed E-state index contributed by atoms with van der Waals surface area (Å²) < 4.78 is 85.4. The lowest BCUT2D eigenvalue weighted by Gasteiger charge is -2.46. The van der Waals surface area contributed by atoms with Crippen LogP contribution in [0.5, 0.6) is 0 Å². The standard InChI is InChI=1S/C30H41FN4O2/c1-18-13-21(31)14-23-25(18)26(33-37-23)20-9-11-34(30(7,8)15-20)12-10-22-19(2)32-24-16-28(3,4)29(5,6)17-35(24)27(22)36/h13-14,20H,9-12,15-17H2,1-8H3/i9D2,11D2,15D2,20D. The van der Waals surface area contributed by atoms with E-state index >= 15 is 0 Å². The lowest BCUT2D eigenvalue weighted by atomic mass is 9.64. The van der Waals surface area contributed by atoms with Gasteiger partial charge in [-0.2, -0.15) is 0 Å². The highest BCUT2D eigenvalue weighted by atomic mass is 19.1. The molecule has 0 radical (unpaired) electrons. The van der Waals surface area contributed by atoms with Crippen molar-refractivity contribution < 1.29 is 18.5 Å². The second-order valence-corrected chi connectivity index (χ2v) is 12.3. The van der Waals surface area contributed by atoms with Gasteiger partial charge in [0.1, 0.15) is 11.6 Å². The van der Waals surface area contributed by atoms with Gasteiger partial charge in [-0.25, -0.2) is 9.37 Å². The zero-order valence-electron chi connectivity index (χ0n) is 30.0. The van der Waals surface area contributed by atoms with E-state index in [1.54, 1.807) is 11.5 Å². The first-order valence-corrected chi connectivity index (χ1v) is 12.8. The predicted molar refractivity (Wildman–Crippen MR) is 145 cm³/mol. The highest BCUT2D eigenvalue weighted by Crippen LogP contribution is 2.45. The molecule has 4 heterocycles. The molecule has 1 aromatic carbocycles. The lowest BCUT2D eigenvalue weighted by Crippen LogP contribution is -2.51. The number of nitrogens with zero attached hydrogens (tertiary/aromatic N) is 4. The Bertz CT molecular complexity index is 1700. The van der Waals surface area contributed by atoms with Crippen LogP contribution in [-0.4, -0.2) is 38.2 Å². The Hall–Kier alpha value is -2.54. The zero-order chi connectivity index (χ0) is 33.2. The molecule has 5 rings (SSSR count). The van der Waals surface area contributed by atoms with Gasteiger partial charge in [-0.05, 0) is 75.8 Å². The molecule has 1 fully saturated rings. The SMILES string of the molecule is [2H]C1([2H])N(CCc2c(C)nc3n(c2=O)CC(C)(C)C(C)(C)C3)C(C)(C)C([2H])([2H])C([2H])(c2noc3cc(F)cc(C)c23)C1([2H])[2H]. The molecule has 3 aromatic rings.